The number of hydrogen-bond acceptors (Lipinski definition) is 3. The molecule has 0 fully saturated rings. The molecule has 0 radical (unpaired) electrons. The Bertz CT molecular complexity index is 563. The molecule has 0 amide bonds. The molecule has 3 atom stereocenters. The topological polar surface area (TPSA) is 38.7 Å². The van der Waals surface area contributed by atoms with Gasteiger partial charge in [-0.3, -0.25) is 0 Å². The molecule has 0 aliphatic heterocycles. The van der Waals surface area contributed by atoms with E-state index in [0.717, 1.165) is 5.57 Å². The van der Waals surface area contributed by atoms with Gasteiger partial charge in [0.15, 0.2) is 8.32 Å². The van der Waals surface area contributed by atoms with Gasteiger partial charge in [0.1, 0.15) is 0 Å². The minimum absolute atomic E-state index is 0.0910. The van der Waals surface area contributed by atoms with Crippen LogP contribution >= 0.6 is 0 Å². The van der Waals surface area contributed by atoms with E-state index in [1.807, 2.05) is 18.2 Å². The fraction of sp³-hybridized carbons (Fsp3) is 0.652. The van der Waals surface area contributed by atoms with E-state index >= 15 is 0 Å². The molecule has 1 N–H and O–H groups in total. The van der Waals surface area contributed by atoms with Crippen molar-refractivity contribution >= 4 is 8.32 Å². The Balaban J connectivity index is 2.36. The number of benzene rings is 1. The third kappa shape index (κ3) is 8.30. The molecule has 0 heterocycles. The number of hydrogen-bond donors (Lipinski definition) is 1. The van der Waals surface area contributed by atoms with Gasteiger partial charge < -0.3 is 14.3 Å². The van der Waals surface area contributed by atoms with Crippen LogP contribution in [-0.2, 0) is 15.8 Å². The second kappa shape index (κ2) is 10.6. The molecule has 1 aromatic rings. The molecule has 1 aromatic carbocycles. The smallest absolute Gasteiger partial charge is 0.191 e. The van der Waals surface area contributed by atoms with Crippen molar-refractivity contribution in [2.75, 3.05) is 13.2 Å². The number of ether oxygens (including phenoxy) is 1. The van der Waals surface area contributed by atoms with E-state index in [4.69, 9.17) is 9.16 Å². The zero-order valence-corrected chi connectivity index (χ0v) is 19.4. The van der Waals surface area contributed by atoms with Gasteiger partial charge in [-0.15, -0.1) is 0 Å². The van der Waals surface area contributed by atoms with Crippen LogP contribution in [0.25, 0.3) is 0 Å². The van der Waals surface area contributed by atoms with E-state index < -0.39 is 14.4 Å². The molecule has 0 saturated carbocycles. The summed E-state index contributed by atoms with van der Waals surface area (Å²) in [4.78, 5) is 0. The SMILES string of the molecule is C=C(C[C@@H](O)[C@H](C)CO[Si](C)(C)C(C)(C)C)[C@@H](C)COCc1ccccc1. The van der Waals surface area contributed by atoms with Gasteiger partial charge in [0.05, 0.1) is 19.3 Å². The number of aliphatic hydroxyl groups is 1. The summed E-state index contributed by atoms with van der Waals surface area (Å²) in [6.45, 7) is 21.4. The summed E-state index contributed by atoms with van der Waals surface area (Å²) >= 11 is 0. The Morgan fingerprint density at radius 3 is 2.26 bits per heavy atom. The zero-order chi connectivity index (χ0) is 20.7. The highest BCUT2D eigenvalue weighted by Crippen LogP contribution is 2.37. The Morgan fingerprint density at radius 1 is 1.11 bits per heavy atom. The van der Waals surface area contributed by atoms with E-state index in [-0.39, 0.29) is 16.9 Å². The minimum atomic E-state index is -1.78. The van der Waals surface area contributed by atoms with Crippen LogP contribution in [0, 0.1) is 11.8 Å². The maximum absolute atomic E-state index is 10.6. The normalized spacial score (nSPS) is 16.0. The molecule has 0 saturated heterocycles. The monoisotopic (exact) mass is 392 g/mol. The average Bonchev–Trinajstić information content (AvgIpc) is 2.59. The lowest BCUT2D eigenvalue weighted by Gasteiger charge is -2.37. The lowest BCUT2D eigenvalue weighted by molar-refractivity contribution is 0.0714. The highest BCUT2D eigenvalue weighted by Gasteiger charge is 2.37. The van der Waals surface area contributed by atoms with Gasteiger partial charge in [-0.1, -0.05) is 77.1 Å². The molecule has 3 nitrogen and oxygen atoms in total. The first kappa shape index (κ1) is 24.1. The summed E-state index contributed by atoms with van der Waals surface area (Å²) in [5.74, 6) is 0.310. The molecule has 0 aliphatic carbocycles. The van der Waals surface area contributed by atoms with Gasteiger partial charge in [-0.2, -0.15) is 0 Å². The standard InChI is InChI=1S/C23H40O3Si/c1-18(19(2)15-25-17-21-12-10-9-11-13-21)14-22(24)20(3)16-26-27(7,8)23(4,5)6/h9-13,19-20,22,24H,1,14-17H2,2-8H3/t19-,20+,22+/m0/s1. The second-order valence-electron chi connectivity index (χ2n) is 9.38. The van der Waals surface area contributed by atoms with E-state index in [0.29, 0.717) is 26.2 Å². The predicted molar refractivity (Wildman–Crippen MR) is 117 cm³/mol. The third-order valence-electron chi connectivity index (χ3n) is 5.82. The molecule has 0 bridgehead atoms. The fourth-order valence-corrected chi connectivity index (χ4v) is 3.50. The minimum Gasteiger partial charge on any atom is -0.416 e. The van der Waals surface area contributed by atoms with Crippen molar-refractivity contribution < 1.29 is 14.3 Å². The fourth-order valence-electron chi connectivity index (χ4n) is 2.38. The third-order valence-corrected chi connectivity index (χ3v) is 10.3. The molecule has 0 aromatic heterocycles. The summed E-state index contributed by atoms with van der Waals surface area (Å²) < 4.78 is 12.1. The molecule has 4 heteroatoms. The van der Waals surface area contributed by atoms with E-state index in [9.17, 15) is 5.11 Å². The highest BCUT2D eigenvalue weighted by molar-refractivity contribution is 6.74. The maximum Gasteiger partial charge on any atom is 0.191 e. The van der Waals surface area contributed by atoms with Gasteiger partial charge in [-0.25, -0.2) is 0 Å². The summed E-state index contributed by atoms with van der Waals surface area (Å²) in [7, 11) is -1.78. The van der Waals surface area contributed by atoms with Crippen LogP contribution in [0.4, 0.5) is 0 Å². The van der Waals surface area contributed by atoms with Crippen molar-refractivity contribution in [2.24, 2.45) is 11.8 Å². The summed E-state index contributed by atoms with van der Waals surface area (Å²) in [6, 6.07) is 10.2. The van der Waals surface area contributed by atoms with Crippen LogP contribution in [0.2, 0.25) is 18.1 Å². The van der Waals surface area contributed by atoms with Crippen LogP contribution in [0.15, 0.2) is 42.5 Å². The Hall–Kier alpha value is -0.943. The van der Waals surface area contributed by atoms with Crippen molar-refractivity contribution in [3.05, 3.63) is 48.0 Å². The molecule has 27 heavy (non-hydrogen) atoms. The zero-order valence-electron chi connectivity index (χ0n) is 18.4. The second-order valence-corrected chi connectivity index (χ2v) is 14.2. The predicted octanol–water partition coefficient (Wildman–Crippen LogP) is 5.80. The average molecular weight is 393 g/mol. The van der Waals surface area contributed by atoms with Gasteiger partial charge >= 0.3 is 0 Å². The van der Waals surface area contributed by atoms with Crippen molar-refractivity contribution in [1.29, 1.82) is 0 Å². The highest BCUT2D eigenvalue weighted by atomic mass is 28.4. The lowest BCUT2D eigenvalue weighted by atomic mass is 9.93. The van der Waals surface area contributed by atoms with Gasteiger partial charge in [0.25, 0.3) is 0 Å². The Morgan fingerprint density at radius 2 is 1.70 bits per heavy atom. The first-order chi connectivity index (χ1) is 12.4. The largest absolute Gasteiger partial charge is 0.416 e. The maximum atomic E-state index is 10.6. The Kier molecular flexibility index (Phi) is 9.42. The van der Waals surface area contributed by atoms with Crippen LogP contribution in [0.1, 0.15) is 46.6 Å². The van der Waals surface area contributed by atoms with E-state index in [1.165, 1.54) is 5.56 Å². The van der Waals surface area contributed by atoms with Crippen molar-refractivity contribution in [3.8, 4) is 0 Å². The molecular weight excluding hydrogens is 352 g/mol. The van der Waals surface area contributed by atoms with Crippen molar-refractivity contribution in [2.45, 2.75) is 71.9 Å². The van der Waals surface area contributed by atoms with Crippen LogP contribution in [-0.4, -0.2) is 32.7 Å². The molecular formula is C23H40O3Si. The van der Waals surface area contributed by atoms with E-state index in [1.54, 1.807) is 0 Å². The summed E-state index contributed by atoms with van der Waals surface area (Å²) in [6.07, 6.45) is 0.164. The lowest BCUT2D eigenvalue weighted by Crippen LogP contribution is -2.42. The Labute approximate surface area is 167 Å². The van der Waals surface area contributed by atoms with Crippen LogP contribution in [0.3, 0.4) is 0 Å². The molecule has 0 spiro atoms. The number of rotatable bonds is 11. The molecule has 0 aliphatic rings. The summed E-state index contributed by atoms with van der Waals surface area (Å²) in [5, 5.41) is 10.8. The quantitative estimate of drug-likeness (QED) is 0.382. The van der Waals surface area contributed by atoms with Gasteiger partial charge in [0.2, 0.25) is 0 Å². The number of aliphatic hydroxyl groups excluding tert-OH is 1. The van der Waals surface area contributed by atoms with Gasteiger partial charge in [0, 0.05) is 18.4 Å². The summed E-state index contributed by atoms with van der Waals surface area (Å²) in [5.41, 5.74) is 2.21. The van der Waals surface area contributed by atoms with Crippen LogP contribution < -0.4 is 0 Å². The first-order valence-corrected chi connectivity index (χ1v) is 13.0. The molecule has 154 valence electrons. The van der Waals surface area contributed by atoms with Crippen molar-refractivity contribution in [1.82, 2.24) is 0 Å². The molecule has 1 rings (SSSR count). The van der Waals surface area contributed by atoms with E-state index in [2.05, 4.69) is 66.4 Å². The van der Waals surface area contributed by atoms with Crippen molar-refractivity contribution in [3.63, 3.8) is 0 Å². The first-order valence-electron chi connectivity index (χ1n) is 10.1. The van der Waals surface area contributed by atoms with Gasteiger partial charge in [-0.05, 0) is 30.1 Å². The molecule has 0 unspecified atom stereocenters. The van der Waals surface area contributed by atoms with Crippen LogP contribution in [0.5, 0.6) is 0 Å².